The molecule has 0 radical (unpaired) electrons. The number of imide groups is 1. The molecular weight excluding hydrogens is 349 g/mol. The lowest BCUT2D eigenvalue weighted by Gasteiger charge is -2.27. The smallest absolute Gasteiger partial charge is 0.285 e. The number of hydroxylamine groups is 2. The summed E-state index contributed by atoms with van der Waals surface area (Å²) in [6.07, 6.45) is 0. The Hall–Kier alpha value is -3.66. The number of halogens is 1. The molecule has 0 aliphatic carbocycles. The topological polar surface area (TPSA) is 130 Å². The number of hydrogen-bond acceptors (Lipinski definition) is 6. The van der Waals surface area contributed by atoms with E-state index in [1.165, 1.54) is 12.1 Å². The molecule has 2 aromatic carbocycles. The van der Waals surface area contributed by atoms with Crippen LogP contribution in [0.25, 0.3) is 0 Å². The van der Waals surface area contributed by atoms with Crippen LogP contribution in [0.3, 0.4) is 0 Å². The number of nitro groups is 1. The van der Waals surface area contributed by atoms with Crippen molar-refractivity contribution in [2.45, 2.75) is 5.92 Å². The van der Waals surface area contributed by atoms with E-state index in [0.29, 0.717) is 0 Å². The van der Waals surface area contributed by atoms with Gasteiger partial charge in [0.1, 0.15) is 11.7 Å². The Morgan fingerprint density at radius 1 is 1.19 bits per heavy atom. The predicted octanol–water partition coefficient (Wildman–Crippen LogP) is 1.83. The van der Waals surface area contributed by atoms with Crippen LogP contribution in [0.4, 0.5) is 15.8 Å². The number of fused-ring (bicyclic) bond motifs is 1. The van der Waals surface area contributed by atoms with Crippen LogP contribution >= 0.6 is 0 Å². The van der Waals surface area contributed by atoms with Gasteiger partial charge in [-0.1, -0.05) is 6.07 Å². The maximum Gasteiger partial charge on any atom is 0.285 e. The summed E-state index contributed by atoms with van der Waals surface area (Å²) in [4.78, 5) is 46.8. The SMILES string of the molecule is O=C(Nc1ccc(F)cc1)C1C(=O)N(O)C(=O)c2cc([N+](=O)[O-])ccc21. The van der Waals surface area contributed by atoms with Crippen molar-refractivity contribution in [3.05, 3.63) is 69.5 Å². The van der Waals surface area contributed by atoms with E-state index < -0.39 is 40.1 Å². The molecule has 1 atom stereocenters. The van der Waals surface area contributed by atoms with Crippen molar-refractivity contribution >= 4 is 29.1 Å². The van der Waals surface area contributed by atoms with Crippen LogP contribution in [0, 0.1) is 15.9 Å². The number of carbonyl (C=O) groups is 3. The summed E-state index contributed by atoms with van der Waals surface area (Å²) < 4.78 is 12.9. The van der Waals surface area contributed by atoms with Gasteiger partial charge in [0.05, 0.1) is 10.5 Å². The fourth-order valence-electron chi connectivity index (χ4n) is 2.57. The largest absolute Gasteiger partial charge is 0.325 e. The number of anilines is 1. The molecule has 0 aromatic heterocycles. The summed E-state index contributed by atoms with van der Waals surface area (Å²) in [5, 5.41) is 22.7. The number of hydrogen-bond donors (Lipinski definition) is 2. The molecule has 0 spiro atoms. The van der Waals surface area contributed by atoms with Gasteiger partial charge < -0.3 is 5.32 Å². The number of nitro benzene ring substituents is 1. The second-order valence-electron chi connectivity index (χ2n) is 5.41. The minimum Gasteiger partial charge on any atom is -0.325 e. The highest BCUT2D eigenvalue weighted by molar-refractivity contribution is 6.20. The molecule has 3 amide bonds. The van der Waals surface area contributed by atoms with E-state index in [-0.39, 0.29) is 21.9 Å². The maximum atomic E-state index is 12.9. The monoisotopic (exact) mass is 359 g/mol. The minimum atomic E-state index is -1.60. The Bertz CT molecular complexity index is 944. The zero-order valence-corrected chi connectivity index (χ0v) is 12.9. The molecule has 0 saturated carbocycles. The van der Waals surface area contributed by atoms with Crippen molar-refractivity contribution in [3.63, 3.8) is 0 Å². The van der Waals surface area contributed by atoms with E-state index in [2.05, 4.69) is 5.32 Å². The lowest BCUT2D eigenvalue weighted by atomic mass is 9.88. The first-order chi connectivity index (χ1) is 12.3. The first-order valence-corrected chi connectivity index (χ1v) is 7.21. The molecule has 1 unspecified atom stereocenters. The quantitative estimate of drug-likeness (QED) is 0.283. The van der Waals surface area contributed by atoms with Gasteiger partial charge in [0.25, 0.3) is 17.5 Å². The second-order valence-corrected chi connectivity index (χ2v) is 5.41. The molecule has 132 valence electrons. The third-order valence-electron chi connectivity index (χ3n) is 3.81. The van der Waals surface area contributed by atoms with Crippen LogP contribution in [0.5, 0.6) is 0 Å². The highest BCUT2D eigenvalue weighted by atomic mass is 19.1. The van der Waals surface area contributed by atoms with E-state index in [0.717, 1.165) is 30.3 Å². The van der Waals surface area contributed by atoms with E-state index in [9.17, 15) is 34.1 Å². The van der Waals surface area contributed by atoms with Gasteiger partial charge in [0, 0.05) is 17.8 Å². The summed E-state index contributed by atoms with van der Waals surface area (Å²) in [5.74, 6) is -5.38. The van der Waals surface area contributed by atoms with E-state index in [1.54, 1.807) is 0 Å². The predicted molar refractivity (Wildman–Crippen MR) is 83.8 cm³/mol. The molecule has 9 nitrogen and oxygen atoms in total. The number of carbonyl (C=O) groups excluding carboxylic acids is 3. The van der Waals surface area contributed by atoms with Gasteiger partial charge >= 0.3 is 0 Å². The van der Waals surface area contributed by atoms with Gasteiger partial charge in [-0.25, -0.2) is 4.39 Å². The average Bonchev–Trinajstić information content (AvgIpc) is 2.61. The summed E-state index contributed by atoms with van der Waals surface area (Å²) in [6.45, 7) is 0. The molecule has 26 heavy (non-hydrogen) atoms. The van der Waals surface area contributed by atoms with Crippen LogP contribution in [-0.2, 0) is 9.59 Å². The Kier molecular flexibility index (Phi) is 4.18. The average molecular weight is 359 g/mol. The van der Waals surface area contributed by atoms with Crippen LogP contribution in [0.15, 0.2) is 42.5 Å². The van der Waals surface area contributed by atoms with Crippen LogP contribution in [0.1, 0.15) is 21.8 Å². The van der Waals surface area contributed by atoms with Crippen molar-refractivity contribution in [2.75, 3.05) is 5.32 Å². The van der Waals surface area contributed by atoms with Gasteiger partial charge in [-0.15, -0.1) is 0 Å². The number of nitrogens with zero attached hydrogens (tertiary/aromatic N) is 2. The standard InChI is InChI=1S/C16H10FN3O6/c17-8-1-3-9(4-2-8)18-14(21)13-11-6-5-10(20(25)26)7-12(11)15(22)19(24)16(13)23/h1-7,13,24H,(H,18,21). The molecular formula is C16H10FN3O6. The first-order valence-electron chi connectivity index (χ1n) is 7.21. The van der Waals surface area contributed by atoms with Crippen LogP contribution < -0.4 is 5.32 Å². The van der Waals surface area contributed by atoms with E-state index in [1.807, 2.05) is 0 Å². The zero-order valence-electron chi connectivity index (χ0n) is 12.9. The van der Waals surface area contributed by atoms with Gasteiger partial charge in [-0.05, 0) is 29.8 Å². The molecule has 0 bridgehead atoms. The molecule has 0 saturated heterocycles. The normalized spacial score (nSPS) is 16.2. The highest BCUT2D eigenvalue weighted by Gasteiger charge is 2.43. The zero-order chi connectivity index (χ0) is 19.0. The summed E-state index contributed by atoms with van der Waals surface area (Å²) in [7, 11) is 0. The van der Waals surface area contributed by atoms with Gasteiger partial charge in [-0.2, -0.15) is 5.06 Å². The Morgan fingerprint density at radius 2 is 1.85 bits per heavy atom. The highest BCUT2D eigenvalue weighted by Crippen LogP contribution is 2.32. The summed E-state index contributed by atoms with van der Waals surface area (Å²) >= 11 is 0. The molecule has 3 rings (SSSR count). The minimum absolute atomic E-state index is 0.0736. The molecule has 1 heterocycles. The molecule has 2 N–H and O–H groups in total. The Balaban J connectivity index is 2.01. The molecule has 10 heteroatoms. The fourth-order valence-corrected chi connectivity index (χ4v) is 2.57. The van der Waals surface area contributed by atoms with Crippen molar-refractivity contribution in [1.82, 2.24) is 5.06 Å². The van der Waals surface area contributed by atoms with Crippen LogP contribution in [0.2, 0.25) is 0 Å². The fraction of sp³-hybridized carbons (Fsp3) is 0.0625. The lowest BCUT2D eigenvalue weighted by Crippen LogP contribution is -2.46. The summed E-state index contributed by atoms with van der Waals surface area (Å²) in [6, 6.07) is 7.76. The number of amides is 3. The van der Waals surface area contributed by atoms with Gasteiger partial charge in [0.2, 0.25) is 5.91 Å². The number of non-ortho nitro benzene ring substituents is 1. The van der Waals surface area contributed by atoms with Crippen molar-refractivity contribution < 1.29 is 28.9 Å². The number of rotatable bonds is 3. The first kappa shape index (κ1) is 17.2. The molecule has 0 fully saturated rings. The third-order valence-corrected chi connectivity index (χ3v) is 3.81. The van der Waals surface area contributed by atoms with Crippen LogP contribution in [-0.4, -0.2) is 32.9 Å². The van der Waals surface area contributed by atoms with Gasteiger partial charge in [0.15, 0.2) is 0 Å². The molecule has 1 aliphatic heterocycles. The molecule has 2 aromatic rings. The second kappa shape index (κ2) is 6.33. The third kappa shape index (κ3) is 2.89. The Morgan fingerprint density at radius 3 is 2.46 bits per heavy atom. The summed E-state index contributed by atoms with van der Waals surface area (Å²) in [5.41, 5.74) is -0.650. The molecule has 1 aliphatic rings. The van der Waals surface area contributed by atoms with Gasteiger partial charge in [-0.3, -0.25) is 29.7 Å². The Labute approximate surface area is 144 Å². The lowest BCUT2D eigenvalue weighted by molar-refractivity contribution is -0.384. The number of nitrogens with one attached hydrogen (secondary N) is 1. The van der Waals surface area contributed by atoms with Crippen molar-refractivity contribution in [2.24, 2.45) is 0 Å². The maximum absolute atomic E-state index is 12.9. The van der Waals surface area contributed by atoms with Crippen molar-refractivity contribution in [1.29, 1.82) is 0 Å². The van der Waals surface area contributed by atoms with Crippen molar-refractivity contribution in [3.8, 4) is 0 Å². The number of benzene rings is 2. The van der Waals surface area contributed by atoms with E-state index in [4.69, 9.17) is 0 Å². The van der Waals surface area contributed by atoms with E-state index >= 15 is 0 Å².